The average Bonchev–Trinajstić information content (AvgIpc) is 2.73. The van der Waals surface area contributed by atoms with Crippen LogP contribution in [0.5, 0.6) is 5.75 Å². The molecule has 5 rings (SSSR count). The number of phenolic OH excluding ortho intramolecular Hbond substituents is 1. The Kier molecular flexibility index (Phi) is 6.68. The van der Waals surface area contributed by atoms with E-state index in [0.717, 1.165) is 17.3 Å². The van der Waals surface area contributed by atoms with Gasteiger partial charge in [-0.15, -0.1) is 0 Å². The maximum absolute atomic E-state index is 12.5. The number of benzene rings is 2. The number of carbonyl (C=O) groups is 3. The van der Waals surface area contributed by atoms with E-state index in [1.54, 1.807) is 12.1 Å². The molecular formula is C22H24N2O6. The lowest BCUT2D eigenvalue weighted by atomic mass is 9.84. The zero-order chi connectivity index (χ0) is 21.7. The number of hydrogen-bond acceptors (Lipinski definition) is 5. The van der Waals surface area contributed by atoms with E-state index in [9.17, 15) is 19.5 Å². The minimum Gasteiger partial charge on any atom is -0.508 e. The van der Waals surface area contributed by atoms with Gasteiger partial charge in [0.1, 0.15) is 5.75 Å². The van der Waals surface area contributed by atoms with E-state index in [4.69, 9.17) is 10.2 Å². The van der Waals surface area contributed by atoms with Crippen molar-refractivity contribution in [1.82, 2.24) is 10.2 Å². The van der Waals surface area contributed by atoms with Gasteiger partial charge in [-0.1, -0.05) is 12.1 Å². The van der Waals surface area contributed by atoms with Crippen LogP contribution < -0.4 is 5.32 Å². The number of aromatic hydroxyl groups is 1. The van der Waals surface area contributed by atoms with Crippen LogP contribution in [0.1, 0.15) is 23.2 Å². The summed E-state index contributed by atoms with van der Waals surface area (Å²) in [6, 6.07) is 11.1. The van der Waals surface area contributed by atoms with Gasteiger partial charge in [0.15, 0.2) is 0 Å². The van der Waals surface area contributed by atoms with Crippen LogP contribution in [0.15, 0.2) is 48.6 Å². The molecule has 3 fully saturated rings. The number of amides is 1. The van der Waals surface area contributed by atoms with Crippen LogP contribution in [0.4, 0.5) is 0 Å². The molecule has 0 saturated carbocycles. The number of phenols is 1. The highest BCUT2D eigenvalue weighted by Crippen LogP contribution is 2.28. The summed E-state index contributed by atoms with van der Waals surface area (Å²) in [5, 5.41) is 30.3. The highest BCUT2D eigenvalue weighted by molar-refractivity contribution is 5.99. The van der Waals surface area contributed by atoms with Crippen LogP contribution in [-0.2, 0) is 9.59 Å². The summed E-state index contributed by atoms with van der Waals surface area (Å²) in [5.74, 6) is -1.68. The second-order valence-electron chi connectivity index (χ2n) is 7.47. The number of nitrogens with one attached hydrogen (secondary N) is 1. The third kappa shape index (κ3) is 5.57. The van der Waals surface area contributed by atoms with E-state index in [1.165, 1.54) is 25.9 Å². The van der Waals surface area contributed by atoms with Crippen LogP contribution in [0.2, 0.25) is 0 Å². The molecule has 30 heavy (non-hydrogen) atoms. The maximum Gasteiger partial charge on any atom is 0.328 e. The molecule has 0 aromatic heterocycles. The molecule has 0 spiro atoms. The number of carboxylic acids is 2. The molecule has 3 saturated heterocycles. The summed E-state index contributed by atoms with van der Waals surface area (Å²) in [5.41, 5.74) is 0.662. The highest BCUT2D eigenvalue weighted by Gasteiger charge is 2.34. The van der Waals surface area contributed by atoms with E-state index in [0.29, 0.717) is 23.6 Å². The van der Waals surface area contributed by atoms with Crippen LogP contribution >= 0.6 is 0 Å². The summed E-state index contributed by atoms with van der Waals surface area (Å²) in [6.07, 6.45) is 3.50. The Morgan fingerprint density at radius 3 is 2.13 bits per heavy atom. The molecule has 2 aromatic rings. The first-order valence-corrected chi connectivity index (χ1v) is 9.72. The van der Waals surface area contributed by atoms with Gasteiger partial charge in [-0.05, 0) is 66.9 Å². The number of carboxylic acid groups (broad SMARTS) is 2. The van der Waals surface area contributed by atoms with Crippen LogP contribution in [0.3, 0.4) is 0 Å². The number of hydrogen-bond donors (Lipinski definition) is 4. The van der Waals surface area contributed by atoms with Gasteiger partial charge in [0.25, 0.3) is 5.91 Å². The molecule has 2 bridgehead atoms. The van der Waals surface area contributed by atoms with Crippen molar-refractivity contribution in [3.8, 4) is 5.75 Å². The van der Waals surface area contributed by atoms with E-state index in [1.807, 2.05) is 24.3 Å². The second kappa shape index (κ2) is 9.41. The van der Waals surface area contributed by atoms with Crippen molar-refractivity contribution >= 4 is 28.6 Å². The van der Waals surface area contributed by atoms with Gasteiger partial charge in [0.05, 0.1) is 0 Å². The molecular weight excluding hydrogens is 388 g/mol. The van der Waals surface area contributed by atoms with Crippen LogP contribution in [0.25, 0.3) is 10.8 Å². The van der Waals surface area contributed by atoms with Crippen molar-refractivity contribution in [2.24, 2.45) is 5.92 Å². The molecule has 1 atom stereocenters. The number of nitrogens with zero attached hydrogens (tertiary/aromatic N) is 1. The minimum atomic E-state index is -1.26. The molecule has 8 nitrogen and oxygen atoms in total. The highest BCUT2D eigenvalue weighted by atomic mass is 16.4. The molecule has 158 valence electrons. The van der Waals surface area contributed by atoms with Crippen molar-refractivity contribution in [2.45, 2.75) is 18.9 Å². The van der Waals surface area contributed by atoms with Crippen molar-refractivity contribution in [2.75, 3.05) is 19.6 Å². The Balaban J connectivity index is 0.000000275. The predicted octanol–water partition coefficient (Wildman–Crippen LogP) is 2.08. The topological polar surface area (TPSA) is 127 Å². The molecule has 3 heterocycles. The first-order chi connectivity index (χ1) is 14.3. The van der Waals surface area contributed by atoms with Crippen molar-refractivity contribution in [3.05, 3.63) is 54.1 Å². The molecule has 3 aliphatic heterocycles. The standard InChI is InChI=1S/C18H20N2O2.C4H4O4/c21-16-4-3-12-1-2-14(9-15(12)10-16)18(22)19-17-11-20-7-5-13(17)6-8-20;5-3(6)1-2-4(7)8/h1-4,9-10,13,17,21H,5-8,11H2,(H,19,22);1-2H,(H,5,6)(H,7,8)/b;2-1+/t17-;/m0./s1. The van der Waals surface area contributed by atoms with Gasteiger partial charge in [0, 0.05) is 30.3 Å². The van der Waals surface area contributed by atoms with Gasteiger partial charge < -0.3 is 25.5 Å². The lowest BCUT2D eigenvalue weighted by molar-refractivity contribution is -0.134. The molecule has 2 aromatic carbocycles. The number of carbonyl (C=O) groups excluding carboxylic acids is 1. The SMILES string of the molecule is O=C(N[C@H]1CN2CCC1CC2)c1ccc2ccc(O)cc2c1.O=C(O)/C=C/C(=O)O. The van der Waals surface area contributed by atoms with Crippen molar-refractivity contribution < 1.29 is 29.7 Å². The zero-order valence-corrected chi connectivity index (χ0v) is 16.3. The third-order valence-electron chi connectivity index (χ3n) is 5.43. The number of piperidine rings is 3. The monoisotopic (exact) mass is 412 g/mol. The summed E-state index contributed by atoms with van der Waals surface area (Å²) < 4.78 is 0. The lowest BCUT2D eigenvalue weighted by Gasteiger charge is -2.44. The van der Waals surface area contributed by atoms with Gasteiger partial charge in [-0.25, -0.2) is 9.59 Å². The number of rotatable bonds is 4. The molecule has 8 heteroatoms. The molecule has 4 N–H and O–H groups in total. The normalized spacial score (nSPS) is 22.3. The number of aliphatic carboxylic acids is 2. The largest absolute Gasteiger partial charge is 0.508 e. The molecule has 0 unspecified atom stereocenters. The quantitative estimate of drug-likeness (QED) is 0.566. The smallest absolute Gasteiger partial charge is 0.328 e. The Morgan fingerprint density at radius 2 is 1.57 bits per heavy atom. The van der Waals surface area contributed by atoms with E-state index >= 15 is 0 Å². The van der Waals surface area contributed by atoms with Gasteiger partial charge in [0.2, 0.25) is 0 Å². The summed E-state index contributed by atoms with van der Waals surface area (Å²) in [4.78, 5) is 34.1. The molecule has 0 aliphatic carbocycles. The van der Waals surface area contributed by atoms with E-state index < -0.39 is 11.9 Å². The first-order valence-electron chi connectivity index (χ1n) is 9.72. The third-order valence-corrected chi connectivity index (χ3v) is 5.43. The summed E-state index contributed by atoms with van der Waals surface area (Å²) in [7, 11) is 0. The van der Waals surface area contributed by atoms with Gasteiger partial charge in [-0.3, -0.25) is 4.79 Å². The minimum absolute atomic E-state index is 0.0102. The number of fused-ring (bicyclic) bond motifs is 4. The Bertz CT molecular complexity index is 963. The van der Waals surface area contributed by atoms with Crippen LogP contribution in [0, 0.1) is 5.92 Å². The summed E-state index contributed by atoms with van der Waals surface area (Å²) >= 11 is 0. The fourth-order valence-electron chi connectivity index (χ4n) is 3.90. The molecule has 3 aliphatic rings. The lowest BCUT2D eigenvalue weighted by Crippen LogP contribution is -2.57. The fraction of sp³-hybridized carbons (Fsp3) is 0.318. The van der Waals surface area contributed by atoms with E-state index in [-0.39, 0.29) is 17.7 Å². The van der Waals surface area contributed by atoms with Crippen molar-refractivity contribution in [1.29, 1.82) is 0 Å². The first kappa shape index (κ1) is 21.3. The second-order valence-corrected chi connectivity index (χ2v) is 7.47. The summed E-state index contributed by atoms with van der Waals surface area (Å²) in [6.45, 7) is 3.32. The van der Waals surface area contributed by atoms with E-state index in [2.05, 4.69) is 10.2 Å². The Morgan fingerprint density at radius 1 is 0.933 bits per heavy atom. The fourth-order valence-corrected chi connectivity index (χ4v) is 3.90. The van der Waals surface area contributed by atoms with Gasteiger partial charge in [-0.2, -0.15) is 0 Å². The van der Waals surface area contributed by atoms with Gasteiger partial charge >= 0.3 is 11.9 Å². The Hall–Kier alpha value is -3.39. The molecule has 0 radical (unpaired) electrons. The van der Waals surface area contributed by atoms with Crippen molar-refractivity contribution in [3.63, 3.8) is 0 Å². The predicted molar refractivity (Wildman–Crippen MR) is 110 cm³/mol. The van der Waals surface area contributed by atoms with Crippen LogP contribution in [-0.4, -0.2) is 63.7 Å². The average molecular weight is 412 g/mol. The Labute approximate surface area is 173 Å². The zero-order valence-electron chi connectivity index (χ0n) is 16.3. The maximum atomic E-state index is 12.5. The molecule has 1 amide bonds.